The molecule has 106 valence electrons. The summed E-state index contributed by atoms with van der Waals surface area (Å²) in [6, 6.07) is 0.661. The van der Waals surface area contributed by atoms with Crippen LogP contribution >= 0.6 is 0 Å². The van der Waals surface area contributed by atoms with Crippen molar-refractivity contribution < 1.29 is 0 Å². The first-order chi connectivity index (χ1) is 8.83. The second-order valence-corrected chi connectivity index (χ2v) is 6.57. The molecule has 0 aromatic heterocycles. The average Bonchev–Trinajstić information content (AvgIpc) is 3.21. The maximum atomic E-state index is 6.08. The molecule has 0 spiro atoms. The number of nitrogens with zero attached hydrogens (tertiary/aromatic N) is 1. The van der Waals surface area contributed by atoms with Crippen LogP contribution in [0.5, 0.6) is 0 Å². The van der Waals surface area contributed by atoms with Crippen LogP contribution in [0.25, 0.3) is 0 Å². The van der Waals surface area contributed by atoms with Crippen LogP contribution in [0.1, 0.15) is 64.7 Å². The Labute approximate surface area is 113 Å². The molecule has 2 N–H and O–H groups in total. The van der Waals surface area contributed by atoms with E-state index in [9.17, 15) is 0 Å². The zero-order chi connectivity index (χ0) is 12.8. The van der Waals surface area contributed by atoms with Gasteiger partial charge < -0.3 is 5.73 Å². The van der Waals surface area contributed by atoms with E-state index < -0.39 is 0 Å². The van der Waals surface area contributed by atoms with E-state index >= 15 is 0 Å². The van der Waals surface area contributed by atoms with E-state index in [0.717, 1.165) is 18.4 Å². The van der Waals surface area contributed by atoms with Gasteiger partial charge in [0.05, 0.1) is 0 Å². The first kappa shape index (κ1) is 14.3. The largest absolute Gasteiger partial charge is 0.329 e. The van der Waals surface area contributed by atoms with Gasteiger partial charge >= 0.3 is 0 Å². The fourth-order valence-electron chi connectivity index (χ4n) is 3.54. The van der Waals surface area contributed by atoms with Crippen molar-refractivity contribution in [2.45, 2.75) is 70.8 Å². The second-order valence-electron chi connectivity index (χ2n) is 6.57. The molecule has 2 heteroatoms. The van der Waals surface area contributed by atoms with Crippen LogP contribution in [0.4, 0.5) is 0 Å². The number of hydrogen-bond donors (Lipinski definition) is 1. The summed E-state index contributed by atoms with van der Waals surface area (Å²) in [6.07, 6.45) is 12.8. The third-order valence-electron chi connectivity index (χ3n) is 4.82. The Morgan fingerprint density at radius 1 is 1.06 bits per heavy atom. The molecule has 0 amide bonds. The molecule has 2 aliphatic rings. The van der Waals surface area contributed by atoms with E-state index in [1.54, 1.807) is 0 Å². The fourth-order valence-corrected chi connectivity index (χ4v) is 3.54. The smallest absolute Gasteiger partial charge is 0.0221 e. The minimum Gasteiger partial charge on any atom is -0.329 e. The molecule has 2 aliphatic carbocycles. The number of rotatable bonds is 8. The molecule has 0 aliphatic heterocycles. The number of hydrogen-bond acceptors (Lipinski definition) is 2. The molecule has 2 rings (SSSR count). The van der Waals surface area contributed by atoms with Crippen molar-refractivity contribution in [3.05, 3.63) is 0 Å². The van der Waals surface area contributed by atoms with Gasteiger partial charge in [0.15, 0.2) is 0 Å². The van der Waals surface area contributed by atoms with E-state index in [-0.39, 0.29) is 0 Å². The first-order valence-electron chi connectivity index (χ1n) is 8.27. The average molecular weight is 252 g/mol. The van der Waals surface area contributed by atoms with Gasteiger partial charge in [-0.1, -0.05) is 39.0 Å². The van der Waals surface area contributed by atoms with E-state index in [0.29, 0.717) is 6.04 Å². The van der Waals surface area contributed by atoms with Gasteiger partial charge in [-0.2, -0.15) is 0 Å². The van der Waals surface area contributed by atoms with Gasteiger partial charge in [-0.25, -0.2) is 0 Å². The quantitative estimate of drug-likeness (QED) is 0.717. The van der Waals surface area contributed by atoms with Gasteiger partial charge in [-0.15, -0.1) is 0 Å². The Morgan fingerprint density at radius 3 is 2.33 bits per heavy atom. The standard InChI is InChI=1S/C16H32N2/c1-2-10-18(13-15-8-9-15)16(12-17)11-14-6-4-3-5-7-14/h14-16H,2-13,17H2,1H3. The molecule has 0 aromatic carbocycles. The maximum absolute atomic E-state index is 6.08. The van der Waals surface area contributed by atoms with Crippen molar-refractivity contribution in [2.75, 3.05) is 19.6 Å². The summed E-state index contributed by atoms with van der Waals surface area (Å²) in [5.41, 5.74) is 6.08. The predicted octanol–water partition coefficient (Wildman–Crippen LogP) is 3.41. The third kappa shape index (κ3) is 4.55. The van der Waals surface area contributed by atoms with E-state index in [2.05, 4.69) is 11.8 Å². The fraction of sp³-hybridized carbons (Fsp3) is 1.00. The molecular formula is C16H32N2. The van der Waals surface area contributed by atoms with Gasteiger partial charge in [0, 0.05) is 19.1 Å². The van der Waals surface area contributed by atoms with Crippen LogP contribution in [-0.2, 0) is 0 Å². The minimum absolute atomic E-state index is 0.661. The van der Waals surface area contributed by atoms with Gasteiger partial charge in [-0.3, -0.25) is 4.90 Å². The Hall–Kier alpha value is -0.0800. The molecule has 2 fully saturated rings. The summed E-state index contributed by atoms with van der Waals surface area (Å²) in [4.78, 5) is 2.71. The van der Waals surface area contributed by atoms with Crippen molar-refractivity contribution in [1.29, 1.82) is 0 Å². The van der Waals surface area contributed by atoms with E-state index in [1.807, 2.05) is 0 Å². The lowest BCUT2D eigenvalue weighted by Gasteiger charge is -2.34. The summed E-state index contributed by atoms with van der Waals surface area (Å²) in [5, 5.41) is 0. The minimum atomic E-state index is 0.661. The Kier molecular flexibility index (Phi) is 5.97. The summed E-state index contributed by atoms with van der Waals surface area (Å²) in [5.74, 6) is 1.96. The van der Waals surface area contributed by atoms with Crippen LogP contribution in [0, 0.1) is 11.8 Å². The van der Waals surface area contributed by atoms with Crippen LogP contribution in [-0.4, -0.2) is 30.6 Å². The maximum Gasteiger partial charge on any atom is 0.0221 e. The normalized spacial score (nSPS) is 23.5. The van der Waals surface area contributed by atoms with Crippen molar-refractivity contribution in [3.8, 4) is 0 Å². The first-order valence-corrected chi connectivity index (χ1v) is 8.27. The summed E-state index contributed by atoms with van der Waals surface area (Å²) >= 11 is 0. The molecule has 0 heterocycles. The zero-order valence-corrected chi connectivity index (χ0v) is 12.2. The summed E-state index contributed by atoms with van der Waals surface area (Å²) in [6.45, 7) is 5.74. The molecule has 0 saturated heterocycles. The molecular weight excluding hydrogens is 220 g/mol. The Bertz CT molecular complexity index is 219. The lowest BCUT2D eigenvalue weighted by atomic mass is 9.84. The summed E-state index contributed by atoms with van der Waals surface area (Å²) in [7, 11) is 0. The Morgan fingerprint density at radius 2 is 1.78 bits per heavy atom. The highest BCUT2D eigenvalue weighted by Crippen LogP contribution is 2.32. The Balaban J connectivity index is 1.82. The van der Waals surface area contributed by atoms with Crippen LogP contribution in [0.2, 0.25) is 0 Å². The van der Waals surface area contributed by atoms with Gasteiger partial charge in [0.25, 0.3) is 0 Å². The van der Waals surface area contributed by atoms with Crippen molar-refractivity contribution in [1.82, 2.24) is 4.90 Å². The van der Waals surface area contributed by atoms with E-state index in [1.165, 1.54) is 70.9 Å². The highest BCUT2D eigenvalue weighted by atomic mass is 15.2. The van der Waals surface area contributed by atoms with Gasteiger partial charge in [0.2, 0.25) is 0 Å². The van der Waals surface area contributed by atoms with Gasteiger partial charge in [0.1, 0.15) is 0 Å². The lowest BCUT2D eigenvalue weighted by Crippen LogP contribution is -2.43. The molecule has 2 saturated carbocycles. The van der Waals surface area contributed by atoms with Crippen molar-refractivity contribution in [2.24, 2.45) is 17.6 Å². The topological polar surface area (TPSA) is 29.3 Å². The molecule has 1 unspecified atom stereocenters. The SMILES string of the molecule is CCCN(CC1CC1)C(CN)CC1CCCCC1. The molecule has 18 heavy (non-hydrogen) atoms. The number of nitrogens with two attached hydrogens (primary N) is 1. The predicted molar refractivity (Wildman–Crippen MR) is 78.6 cm³/mol. The molecule has 0 aromatic rings. The molecule has 0 radical (unpaired) electrons. The zero-order valence-electron chi connectivity index (χ0n) is 12.2. The van der Waals surface area contributed by atoms with Crippen molar-refractivity contribution in [3.63, 3.8) is 0 Å². The van der Waals surface area contributed by atoms with E-state index in [4.69, 9.17) is 5.73 Å². The highest BCUT2D eigenvalue weighted by molar-refractivity contribution is 4.83. The highest BCUT2D eigenvalue weighted by Gasteiger charge is 2.28. The summed E-state index contributed by atoms with van der Waals surface area (Å²) < 4.78 is 0. The van der Waals surface area contributed by atoms with Crippen LogP contribution in [0.15, 0.2) is 0 Å². The second kappa shape index (κ2) is 7.49. The molecule has 0 bridgehead atoms. The third-order valence-corrected chi connectivity index (χ3v) is 4.82. The van der Waals surface area contributed by atoms with Crippen LogP contribution in [0.3, 0.4) is 0 Å². The van der Waals surface area contributed by atoms with Crippen LogP contribution < -0.4 is 5.73 Å². The molecule has 2 nitrogen and oxygen atoms in total. The monoisotopic (exact) mass is 252 g/mol. The molecule has 1 atom stereocenters. The van der Waals surface area contributed by atoms with Crippen molar-refractivity contribution >= 4 is 0 Å². The van der Waals surface area contributed by atoms with Gasteiger partial charge in [-0.05, 0) is 44.1 Å². The lowest BCUT2D eigenvalue weighted by molar-refractivity contribution is 0.153.